The van der Waals surface area contributed by atoms with Gasteiger partial charge in [-0.3, -0.25) is 4.68 Å². The van der Waals surface area contributed by atoms with E-state index >= 15 is 0 Å². The topological polar surface area (TPSA) is 41.3 Å². The molecule has 4 nitrogen and oxygen atoms in total. The molecule has 23 heavy (non-hydrogen) atoms. The fourth-order valence-electron chi connectivity index (χ4n) is 4.25. The van der Waals surface area contributed by atoms with Crippen LogP contribution in [0, 0.1) is 0 Å². The van der Waals surface area contributed by atoms with E-state index in [0.29, 0.717) is 5.02 Å². The molecule has 2 heterocycles. The van der Waals surface area contributed by atoms with Crippen LogP contribution in [0.15, 0.2) is 36.7 Å². The number of nitrogens with zero attached hydrogens (tertiary/aromatic N) is 3. The molecule has 0 bridgehead atoms. The normalized spacial score (nSPS) is 23.3. The fourth-order valence-corrected chi connectivity index (χ4v) is 4.41. The van der Waals surface area contributed by atoms with Crippen molar-refractivity contribution in [2.24, 2.45) is 0 Å². The summed E-state index contributed by atoms with van der Waals surface area (Å²) in [4.78, 5) is 2.47. The van der Waals surface area contributed by atoms with Gasteiger partial charge in [0, 0.05) is 18.2 Å². The molecule has 1 spiro atoms. The van der Waals surface area contributed by atoms with Gasteiger partial charge in [-0.25, -0.2) is 0 Å². The molecule has 1 aromatic carbocycles. The van der Waals surface area contributed by atoms with Crippen LogP contribution in [0.1, 0.15) is 24.0 Å². The number of halogens is 1. The first-order valence-corrected chi connectivity index (χ1v) is 8.72. The van der Waals surface area contributed by atoms with E-state index in [1.807, 2.05) is 10.9 Å². The SMILES string of the molecule is O[C@H]1Cc2ccccc2C12CCN(CCn1cc(Cl)cn1)CC2. The first kappa shape index (κ1) is 15.2. The largest absolute Gasteiger partial charge is 0.392 e. The van der Waals surface area contributed by atoms with Crippen LogP contribution in [0.5, 0.6) is 0 Å². The van der Waals surface area contributed by atoms with E-state index in [0.717, 1.165) is 45.4 Å². The highest BCUT2D eigenvalue weighted by molar-refractivity contribution is 6.30. The van der Waals surface area contributed by atoms with Crippen LogP contribution in [0.4, 0.5) is 0 Å². The minimum absolute atomic E-state index is 0.0257. The smallest absolute Gasteiger partial charge is 0.0785 e. The summed E-state index contributed by atoms with van der Waals surface area (Å²) >= 11 is 5.90. The van der Waals surface area contributed by atoms with Gasteiger partial charge >= 0.3 is 0 Å². The first-order chi connectivity index (χ1) is 11.2. The molecule has 1 N–H and O–H groups in total. The third-order valence-electron chi connectivity index (χ3n) is 5.60. The van der Waals surface area contributed by atoms with Crippen LogP contribution < -0.4 is 0 Å². The van der Waals surface area contributed by atoms with Crippen molar-refractivity contribution >= 4 is 11.6 Å². The van der Waals surface area contributed by atoms with Crippen LogP contribution in [0.25, 0.3) is 0 Å². The molecule has 0 saturated carbocycles. The first-order valence-electron chi connectivity index (χ1n) is 8.34. The molecular formula is C18H22ClN3O. The molecule has 0 amide bonds. The molecule has 122 valence electrons. The number of aliphatic hydroxyl groups is 1. The lowest BCUT2D eigenvalue weighted by molar-refractivity contribution is 0.0423. The number of aliphatic hydroxyl groups excluding tert-OH is 1. The maximum Gasteiger partial charge on any atom is 0.0785 e. The highest BCUT2D eigenvalue weighted by Gasteiger charge is 2.47. The average Bonchev–Trinajstić information content (AvgIpc) is 3.10. The Morgan fingerprint density at radius 3 is 2.74 bits per heavy atom. The quantitative estimate of drug-likeness (QED) is 0.939. The van der Waals surface area contributed by atoms with Crippen molar-refractivity contribution in [2.45, 2.75) is 37.3 Å². The predicted octanol–water partition coefficient (Wildman–Crippen LogP) is 2.49. The summed E-state index contributed by atoms with van der Waals surface area (Å²) < 4.78 is 1.90. The van der Waals surface area contributed by atoms with Gasteiger partial charge in [-0.1, -0.05) is 35.9 Å². The Balaban J connectivity index is 1.41. The third kappa shape index (κ3) is 2.69. The summed E-state index contributed by atoms with van der Waals surface area (Å²) in [5.41, 5.74) is 2.69. The molecular weight excluding hydrogens is 310 g/mol. The number of likely N-dealkylation sites (tertiary alicyclic amines) is 1. The highest BCUT2D eigenvalue weighted by Crippen LogP contribution is 2.46. The molecule has 1 saturated heterocycles. The number of aromatic nitrogens is 2. The number of hydrogen-bond donors (Lipinski definition) is 1. The number of fused-ring (bicyclic) bond motifs is 2. The Kier molecular flexibility index (Phi) is 3.92. The molecule has 1 aromatic heterocycles. The van der Waals surface area contributed by atoms with Crippen molar-refractivity contribution in [3.05, 3.63) is 52.8 Å². The molecule has 0 unspecified atom stereocenters. The van der Waals surface area contributed by atoms with Crippen LogP contribution >= 0.6 is 11.6 Å². The zero-order chi connectivity index (χ0) is 15.9. The van der Waals surface area contributed by atoms with Gasteiger partial charge in [-0.05, 0) is 43.5 Å². The van der Waals surface area contributed by atoms with Crippen LogP contribution in [-0.2, 0) is 18.4 Å². The van der Waals surface area contributed by atoms with E-state index in [4.69, 9.17) is 11.6 Å². The van der Waals surface area contributed by atoms with E-state index in [1.165, 1.54) is 11.1 Å². The molecule has 2 aliphatic rings. The zero-order valence-electron chi connectivity index (χ0n) is 13.2. The van der Waals surface area contributed by atoms with Crippen LogP contribution in [0.2, 0.25) is 5.02 Å². The lowest BCUT2D eigenvalue weighted by Crippen LogP contribution is -2.47. The minimum Gasteiger partial charge on any atom is -0.392 e. The maximum atomic E-state index is 10.7. The van der Waals surface area contributed by atoms with E-state index < -0.39 is 0 Å². The van der Waals surface area contributed by atoms with Gasteiger partial charge in [0.25, 0.3) is 0 Å². The summed E-state index contributed by atoms with van der Waals surface area (Å²) in [6.45, 7) is 3.89. The Morgan fingerprint density at radius 2 is 2.00 bits per heavy atom. The number of hydrogen-bond acceptors (Lipinski definition) is 3. The van der Waals surface area contributed by atoms with Crippen LogP contribution in [0.3, 0.4) is 0 Å². The summed E-state index contributed by atoms with van der Waals surface area (Å²) in [6.07, 6.45) is 6.19. The Bertz CT molecular complexity index is 691. The third-order valence-corrected chi connectivity index (χ3v) is 5.80. The van der Waals surface area contributed by atoms with E-state index in [-0.39, 0.29) is 11.5 Å². The Hall–Kier alpha value is -1.36. The van der Waals surface area contributed by atoms with E-state index in [9.17, 15) is 5.11 Å². The van der Waals surface area contributed by atoms with Crippen LogP contribution in [-0.4, -0.2) is 45.5 Å². The summed E-state index contributed by atoms with van der Waals surface area (Å²) in [6, 6.07) is 8.56. The molecule has 1 aliphatic heterocycles. The molecule has 5 heteroatoms. The van der Waals surface area contributed by atoms with Crippen molar-refractivity contribution < 1.29 is 5.11 Å². The second-order valence-corrected chi connectivity index (χ2v) is 7.23. The lowest BCUT2D eigenvalue weighted by atomic mass is 9.72. The summed E-state index contributed by atoms with van der Waals surface area (Å²) in [7, 11) is 0. The maximum absolute atomic E-state index is 10.7. The summed E-state index contributed by atoms with van der Waals surface area (Å²) in [5.74, 6) is 0. The van der Waals surface area contributed by atoms with Crippen molar-refractivity contribution in [2.75, 3.05) is 19.6 Å². The van der Waals surface area contributed by atoms with Gasteiger partial charge in [0.1, 0.15) is 0 Å². The van der Waals surface area contributed by atoms with Gasteiger partial charge in [-0.15, -0.1) is 0 Å². The molecule has 0 radical (unpaired) electrons. The minimum atomic E-state index is -0.230. The monoisotopic (exact) mass is 331 g/mol. The fraction of sp³-hybridized carbons (Fsp3) is 0.500. The van der Waals surface area contributed by atoms with Gasteiger partial charge in [0.2, 0.25) is 0 Å². The second kappa shape index (κ2) is 5.93. The van der Waals surface area contributed by atoms with Crippen molar-refractivity contribution in [1.29, 1.82) is 0 Å². The summed E-state index contributed by atoms with van der Waals surface area (Å²) in [5, 5.41) is 15.6. The van der Waals surface area contributed by atoms with Gasteiger partial charge < -0.3 is 10.0 Å². The standard InChI is InChI=1S/C18H22ClN3O/c19-15-12-20-22(13-15)10-9-21-7-5-18(6-8-21)16-4-2-1-3-14(16)11-17(18)23/h1-4,12-13,17,23H,5-11H2/t17-/m0/s1. The second-order valence-electron chi connectivity index (χ2n) is 6.80. The average molecular weight is 332 g/mol. The highest BCUT2D eigenvalue weighted by atomic mass is 35.5. The molecule has 2 aromatic rings. The lowest BCUT2D eigenvalue weighted by Gasteiger charge is -2.42. The van der Waals surface area contributed by atoms with Gasteiger partial charge in [-0.2, -0.15) is 5.10 Å². The predicted molar refractivity (Wildman–Crippen MR) is 90.7 cm³/mol. The molecule has 4 rings (SSSR count). The molecule has 1 fully saturated rings. The Labute approximate surface area is 141 Å². The van der Waals surface area contributed by atoms with Crippen molar-refractivity contribution in [3.8, 4) is 0 Å². The number of piperidine rings is 1. The van der Waals surface area contributed by atoms with Gasteiger partial charge in [0.15, 0.2) is 0 Å². The van der Waals surface area contributed by atoms with Crippen molar-refractivity contribution in [3.63, 3.8) is 0 Å². The number of rotatable bonds is 3. The molecule has 1 aliphatic carbocycles. The van der Waals surface area contributed by atoms with Gasteiger partial charge in [0.05, 0.1) is 23.9 Å². The number of benzene rings is 1. The Morgan fingerprint density at radius 1 is 1.22 bits per heavy atom. The van der Waals surface area contributed by atoms with E-state index in [2.05, 4.69) is 34.3 Å². The molecule has 1 atom stereocenters. The zero-order valence-corrected chi connectivity index (χ0v) is 13.9. The van der Waals surface area contributed by atoms with E-state index in [1.54, 1.807) is 6.20 Å². The van der Waals surface area contributed by atoms with Crippen molar-refractivity contribution in [1.82, 2.24) is 14.7 Å².